The number of nitrogens with one attached hydrogen (secondary N) is 1. The summed E-state index contributed by atoms with van der Waals surface area (Å²) in [4.78, 5) is 20.6. The van der Waals surface area contributed by atoms with Crippen LogP contribution in [0.3, 0.4) is 0 Å². The van der Waals surface area contributed by atoms with Crippen LogP contribution in [-0.4, -0.2) is 59.3 Å². The van der Waals surface area contributed by atoms with Crippen molar-refractivity contribution in [3.8, 4) is 5.88 Å². The van der Waals surface area contributed by atoms with Gasteiger partial charge < -0.3 is 19.5 Å². The highest BCUT2D eigenvalue weighted by atomic mass is 16.5. The summed E-state index contributed by atoms with van der Waals surface area (Å²) in [5.41, 5.74) is 1.75. The zero-order valence-corrected chi connectivity index (χ0v) is 14.6. The standard InChI is InChI=1S/C17H23N5O3/c1-13-10-15(25-20-13)12-21-6-8-22(9-7-21)17(23)19-11-14-4-3-5-18-16(14)24-2/h3-5,10H,6-9,11-12H2,1-2H3,(H,19,23). The van der Waals surface area contributed by atoms with Crippen molar-refractivity contribution >= 4 is 6.03 Å². The second-order valence-electron chi connectivity index (χ2n) is 6.03. The van der Waals surface area contributed by atoms with Gasteiger partial charge in [0.25, 0.3) is 0 Å². The van der Waals surface area contributed by atoms with E-state index >= 15 is 0 Å². The molecule has 0 unspecified atom stereocenters. The Morgan fingerprint density at radius 1 is 1.36 bits per heavy atom. The maximum Gasteiger partial charge on any atom is 0.317 e. The summed E-state index contributed by atoms with van der Waals surface area (Å²) in [6.45, 7) is 6.02. The molecule has 2 aromatic rings. The molecular formula is C17H23N5O3. The number of piperazine rings is 1. The Labute approximate surface area is 146 Å². The molecule has 25 heavy (non-hydrogen) atoms. The van der Waals surface area contributed by atoms with Crippen molar-refractivity contribution in [2.75, 3.05) is 33.3 Å². The molecule has 1 aliphatic heterocycles. The van der Waals surface area contributed by atoms with Crippen molar-refractivity contribution in [1.29, 1.82) is 0 Å². The van der Waals surface area contributed by atoms with Crippen molar-refractivity contribution in [2.45, 2.75) is 20.0 Å². The van der Waals surface area contributed by atoms with E-state index in [0.29, 0.717) is 25.5 Å². The second-order valence-corrected chi connectivity index (χ2v) is 6.03. The van der Waals surface area contributed by atoms with Crippen molar-refractivity contribution in [3.05, 3.63) is 41.4 Å². The van der Waals surface area contributed by atoms with Crippen LogP contribution >= 0.6 is 0 Å². The molecule has 8 heteroatoms. The van der Waals surface area contributed by atoms with Gasteiger partial charge in [0.15, 0.2) is 5.76 Å². The van der Waals surface area contributed by atoms with Gasteiger partial charge in [-0.2, -0.15) is 0 Å². The number of urea groups is 1. The van der Waals surface area contributed by atoms with E-state index in [9.17, 15) is 4.79 Å². The van der Waals surface area contributed by atoms with E-state index in [-0.39, 0.29) is 6.03 Å². The normalized spacial score (nSPS) is 15.2. The number of ether oxygens (including phenoxy) is 1. The first-order valence-electron chi connectivity index (χ1n) is 8.31. The molecule has 1 aliphatic rings. The SMILES string of the molecule is COc1ncccc1CNC(=O)N1CCN(Cc2cc(C)no2)CC1. The fraction of sp³-hybridized carbons (Fsp3) is 0.471. The van der Waals surface area contributed by atoms with Gasteiger partial charge in [-0.1, -0.05) is 11.2 Å². The van der Waals surface area contributed by atoms with Crippen molar-refractivity contribution in [1.82, 2.24) is 25.3 Å². The Bertz CT molecular complexity index is 710. The highest BCUT2D eigenvalue weighted by molar-refractivity contribution is 5.74. The average molecular weight is 345 g/mol. The predicted octanol–water partition coefficient (Wildman–Crippen LogP) is 1.41. The zero-order chi connectivity index (χ0) is 17.6. The lowest BCUT2D eigenvalue weighted by molar-refractivity contribution is 0.127. The number of aromatic nitrogens is 2. The fourth-order valence-corrected chi connectivity index (χ4v) is 2.85. The van der Waals surface area contributed by atoms with Gasteiger partial charge in [0, 0.05) is 50.6 Å². The Kier molecular flexibility index (Phi) is 5.49. The maximum absolute atomic E-state index is 12.3. The molecule has 8 nitrogen and oxygen atoms in total. The van der Waals surface area contributed by atoms with Crippen LogP contribution in [0.2, 0.25) is 0 Å². The van der Waals surface area contributed by atoms with Gasteiger partial charge in [0.2, 0.25) is 5.88 Å². The molecule has 1 fully saturated rings. The van der Waals surface area contributed by atoms with Crippen molar-refractivity contribution < 1.29 is 14.1 Å². The van der Waals surface area contributed by atoms with E-state index in [1.165, 1.54) is 0 Å². The molecule has 0 spiro atoms. The first-order chi connectivity index (χ1) is 12.2. The minimum Gasteiger partial charge on any atom is -0.481 e. The molecule has 3 rings (SSSR count). The van der Waals surface area contributed by atoms with Crippen LogP contribution in [0.5, 0.6) is 5.88 Å². The van der Waals surface area contributed by atoms with E-state index in [4.69, 9.17) is 9.26 Å². The van der Waals surface area contributed by atoms with Crippen molar-refractivity contribution in [2.24, 2.45) is 0 Å². The first kappa shape index (κ1) is 17.2. The maximum atomic E-state index is 12.3. The summed E-state index contributed by atoms with van der Waals surface area (Å²) in [5, 5.41) is 6.83. The van der Waals surface area contributed by atoms with E-state index in [1.54, 1.807) is 13.3 Å². The molecule has 0 aromatic carbocycles. The van der Waals surface area contributed by atoms with Gasteiger partial charge in [0.05, 0.1) is 19.3 Å². The van der Waals surface area contributed by atoms with E-state index < -0.39 is 0 Å². The molecule has 1 N–H and O–H groups in total. The number of nitrogens with zero attached hydrogens (tertiary/aromatic N) is 4. The largest absolute Gasteiger partial charge is 0.481 e. The van der Waals surface area contributed by atoms with Crippen LogP contribution in [0.4, 0.5) is 4.79 Å². The average Bonchev–Trinajstić information content (AvgIpc) is 3.05. The number of carbonyl (C=O) groups excluding carboxylic acids is 1. The van der Waals surface area contributed by atoms with Gasteiger partial charge >= 0.3 is 6.03 Å². The molecule has 2 aromatic heterocycles. The van der Waals surface area contributed by atoms with E-state index in [0.717, 1.165) is 36.7 Å². The van der Waals surface area contributed by atoms with Crippen LogP contribution in [0.25, 0.3) is 0 Å². The Balaban J connectivity index is 1.45. The van der Waals surface area contributed by atoms with E-state index in [2.05, 4.69) is 20.4 Å². The molecule has 0 aliphatic carbocycles. The number of methoxy groups -OCH3 is 1. The Morgan fingerprint density at radius 3 is 2.84 bits per heavy atom. The van der Waals surface area contributed by atoms with Gasteiger partial charge in [0.1, 0.15) is 0 Å². The number of aryl methyl sites for hydroxylation is 1. The highest BCUT2D eigenvalue weighted by Gasteiger charge is 2.22. The van der Waals surface area contributed by atoms with Gasteiger partial charge in [-0.15, -0.1) is 0 Å². The van der Waals surface area contributed by atoms with Crippen molar-refractivity contribution in [3.63, 3.8) is 0 Å². The van der Waals surface area contributed by atoms with Crippen LogP contribution in [0.1, 0.15) is 17.0 Å². The topological polar surface area (TPSA) is 83.7 Å². The highest BCUT2D eigenvalue weighted by Crippen LogP contribution is 2.13. The first-order valence-corrected chi connectivity index (χ1v) is 8.31. The lowest BCUT2D eigenvalue weighted by Crippen LogP contribution is -2.51. The number of pyridine rings is 1. The minimum absolute atomic E-state index is 0.0685. The van der Waals surface area contributed by atoms with Crippen LogP contribution in [0, 0.1) is 6.92 Å². The summed E-state index contributed by atoms with van der Waals surface area (Å²) in [6, 6.07) is 5.60. The summed E-state index contributed by atoms with van der Waals surface area (Å²) < 4.78 is 10.4. The Morgan fingerprint density at radius 2 is 2.16 bits per heavy atom. The van der Waals surface area contributed by atoms with Crippen LogP contribution < -0.4 is 10.1 Å². The monoisotopic (exact) mass is 345 g/mol. The molecule has 0 atom stereocenters. The molecule has 2 amide bonds. The lowest BCUT2D eigenvalue weighted by Gasteiger charge is -2.34. The molecule has 3 heterocycles. The second kappa shape index (κ2) is 7.98. The number of hydrogen-bond acceptors (Lipinski definition) is 6. The lowest BCUT2D eigenvalue weighted by atomic mass is 10.2. The predicted molar refractivity (Wildman–Crippen MR) is 91.1 cm³/mol. The molecule has 0 bridgehead atoms. The quantitative estimate of drug-likeness (QED) is 0.882. The third-order valence-electron chi connectivity index (χ3n) is 4.19. The Hall–Kier alpha value is -2.61. The third kappa shape index (κ3) is 4.48. The summed E-state index contributed by atoms with van der Waals surface area (Å²) in [7, 11) is 1.57. The summed E-state index contributed by atoms with van der Waals surface area (Å²) in [5.74, 6) is 1.40. The van der Waals surface area contributed by atoms with Gasteiger partial charge in [-0.05, 0) is 13.0 Å². The fourth-order valence-electron chi connectivity index (χ4n) is 2.85. The minimum atomic E-state index is -0.0685. The van der Waals surface area contributed by atoms with Gasteiger partial charge in [-0.3, -0.25) is 4.90 Å². The van der Waals surface area contributed by atoms with Gasteiger partial charge in [-0.25, -0.2) is 9.78 Å². The number of hydrogen-bond donors (Lipinski definition) is 1. The number of rotatable bonds is 5. The molecule has 1 saturated heterocycles. The third-order valence-corrected chi connectivity index (χ3v) is 4.19. The number of carbonyl (C=O) groups is 1. The van der Waals surface area contributed by atoms with E-state index in [1.807, 2.05) is 30.0 Å². The summed E-state index contributed by atoms with van der Waals surface area (Å²) in [6.07, 6.45) is 1.67. The van der Waals surface area contributed by atoms with Crippen LogP contribution in [0.15, 0.2) is 28.9 Å². The van der Waals surface area contributed by atoms with Crippen LogP contribution in [-0.2, 0) is 13.1 Å². The summed E-state index contributed by atoms with van der Waals surface area (Å²) >= 11 is 0. The molecular weight excluding hydrogens is 322 g/mol. The molecule has 0 saturated carbocycles. The zero-order valence-electron chi connectivity index (χ0n) is 14.6. The molecule has 0 radical (unpaired) electrons. The molecule has 134 valence electrons. The smallest absolute Gasteiger partial charge is 0.317 e. The number of amides is 2.